The Hall–Kier alpha value is -2.19. The molecule has 0 aliphatic carbocycles. The first-order valence-electron chi connectivity index (χ1n) is 10.7. The van der Waals surface area contributed by atoms with Crippen LogP contribution < -0.4 is 0 Å². The topological polar surface area (TPSA) is 122 Å². The monoisotopic (exact) mass is 417 g/mol. The third-order valence-electron chi connectivity index (χ3n) is 5.01. The molecule has 0 heterocycles. The summed E-state index contributed by atoms with van der Waals surface area (Å²) in [6.45, 7) is 7.60. The van der Waals surface area contributed by atoms with Gasteiger partial charge in [-0.3, -0.25) is 0 Å². The molecule has 9 heteroatoms. The van der Waals surface area contributed by atoms with Crippen LogP contribution in [0.4, 0.5) is 14.4 Å². The van der Waals surface area contributed by atoms with Crippen molar-refractivity contribution < 1.29 is 29.7 Å². The van der Waals surface area contributed by atoms with E-state index in [1.807, 2.05) is 20.8 Å². The first-order chi connectivity index (χ1) is 13.8. The van der Waals surface area contributed by atoms with Gasteiger partial charge in [0.15, 0.2) is 0 Å². The van der Waals surface area contributed by atoms with Gasteiger partial charge in [0, 0.05) is 38.8 Å². The molecule has 0 radical (unpaired) electrons. The van der Waals surface area contributed by atoms with Crippen molar-refractivity contribution in [3.63, 3.8) is 0 Å². The van der Waals surface area contributed by atoms with Crippen LogP contribution in [0, 0.1) is 0 Å². The Morgan fingerprint density at radius 3 is 1.31 bits per heavy atom. The third kappa shape index (κ3) is 11.4. The lowest BCUT2D eigenvalue weighted by atomic mass is 10.1. The lowest BCUT2D eigenvalue weighted by molar-refractivity contribution is 0.101. The molecule has 170 valence electrons. The van der Waals surface area contributed by atoms with Gasteiger partial charge in [0.25, 0.3) is 0 Å². The van der Waals surface area contributed by atoms with Crippen LogP contribution in [-0.4, -0.2) is 87.1 Å². The largest absolute Gasteiger partial charge is 0.465 e. The third-order valence-corrected chi connectivity index (χ3v) is 5.01. The minimum absolute atomic E-state index is 0.234. The van der Waals surface area contributed by atoms with Gasteiger partial charge in [0.1, 0.15) is 0 Å². The molecule has 0 saturated carbocycles. The van der Waals surface area contributed by atoms with Gasteiger partial charge in [-0.2, -0.15) is 0 Å². The molecule has 0 aromatic carbocycles. The average molecular weight is 418 g/mol. The predicted molar refractivity (Wildman–Crippen MR) is 112 cm³/mol. The van der Waals surface area contributed by atoms with E-state index in [-0.39, 0.29) is 13.1 Å². The fraction of sp³-hybridized carbons (Fsp3) is 0.850. The zero-order valence-corrected chi connectivity index (χ0v) is 18.2. The fourth-order valence-electron chi connectivity index (χ4n) is 3.13. The molecule has 0 aliphatic rings. The van der Waals surface area contributed by atoms with Crippen molar-refractivity contribution in [2.24, 2.45) is 0 Å². The second kappa shape index (κ2) is 15.7. The summed E-state index contributed by atoms with van der Waals surface area (Å²) in [5.41, 5.74) is 0. The lowest BCUT2D eigenvalue weighted by Gasteiger charge is -2.32. The second-order valence-corrected chi connectivity index (χ2v) is 7.31. The summed E-state index contributed by atoms with van der Waals surface area (Å²) in [6.07, 6.45) is 2.43. The molecule has 0 fully saturated rings. The molecule has 9 nitrogen and oxygen atoms in total. The van der Waals surface area contributed by atoms with Crippen LogP contribution in [-0.2, 0) is 0 Å². The van der Waals surface area contributed by atoms with Crippen LogP contribution in [0.25, 0.3) is 0 Å². The molecule has 3 amide bonds. The molecule has 0 spiro atoms. The molecular weight excluding hydrogens is 378 g/mol. The van der Waals surface area contributed by atoms with Gasteiger partial charge >= 0.3 is 18.3 Å². The zero-order valence-electron chi connectivity index (χ0n) is 18.2. The minimum Gasteiger partial charge on any atom is -0.465 e. The Balaban J connectivity index is 5.22. The number of hydrogen-bond donors (Lipinski definition) is 3. The van der Waals surface area contributed by atoms with Crippen LogP contribution >= 0.6 is 0 Å². The summed E-state index contributed by atoms with van der Waals surface area (Å²) in [7, 11) is 0. The highest BCUT2D eigenvalue weighted by molar-refractivity contribution is 5.66. The first-order valence-corrected chi connectivity index (χ1v) is 10.7. The number of unbranched alkanes of at least 4 members (excludes halogenated alkanes) is 3. The summed E-state index contributed by atoms with van der Waals surface area (Å²) in [5.74, 6) is 0. The van der Waals surface area contributed by atoms with Gasteiger partial charge in [-0.15, -0.1) is 0 Å². The second-order valence-electron chi connectivity index (χ2n) is 7.31. The van der Waals surface area contributed by atoms with Crippen molar-refractivity contribution in [3.8, 4) is 0 Å². The van der Waals surface area contributed by atoms with Crippen molar-refractivity contribution >= 4 is 18.3 Å². The number of carboxylic acid groups (broad SMARTS) is 3. The Labute approximate surface area is 174 Å². The molecule has 0 unspecified atom stereocenters. The van der Waals surface area contributed by atoms with Gasteiger partial charge in [-0.1, -0.05) is 40.0 Å². The molecule has 0 aromatic rings. The van der Waals surface area contributed by atoms with E-state index in [2.05, 4.69) is 0 Å². The highest BCUT2D eigenvalue weighted by atomic mass is 16.4. The van der Waals surface area contributed by atoms with Crippen molar-refractivity contribution in [2.75, 3.05) is 32.7 Å². The minimum atomic E-state index is -1.05. The van der Waals surface area contributed by atoms with E-state index in [0.717, 1.165) is 32.1 Å². The van der Waals surface area contributed by atoms with Crippen LogP contribution in [0.1, 0.15) is 72.1 Å². The number of carbonyl (C=O) groups is 3. The number of rotatable bonds is 16. The highest BCUT2D eigenvalue weighted by Crippen LogP contribution is 2.14. The maximum absolute atomic E-state index is 11.8. The van der Waals surface area contributed by atoms with Crippen molar-refractivity contribution in [3.05, 3.63) is 0 Å². The number of amides is 3. The lowest BCUT2D eigenvalue weighted by Crippen LogP contribution is -2.45. The maximum atomic E-state index is 11.8. The Morgan fingerprint density at radius 2 is 1.00 bits per heavy atom. The molecule has 0 bridgehead atoms. The van der Waals surface area contributed by atoms with Gasteiger partial charge < -0.3 is 30.0 Å². The summed E-state index contributed by atoms with van der Waals surface area (Å²) in [6, 6.07) is -0.425. The van der Waals surface area contributed by atoms with Gasteiger partial charge in [-0.05, 0) is 32.1 Å². The molecule has 0 rings (SSSR count). The fourth-order valence-corrected chi connectivity index (χ4v) is 3.13. The molecule has 0 atom stereocenters. The Kier molecular flexibility index (Phi) is 14.5. The van der Waals surface area contributed by atoms with Crippen molar-refractivity contribution in [1.82, 2.24) is 14.7 Å². The Morgan fingerprint density at radius 1 is 0.621 bits per heavy atom. The Bertz CT molecular complexity index is 459. The average Bonchev–Trinajstić information content (AvgIpc) is 2.66. The summed E-state index contributed by atoms with van der Waals surface area (Å²) in [5, 5.41) is 28.5. The van der Waals surface area contributed by atoms with E-state index < -0.39 is 24.3 Å². The molecular formula is C20H39N3O6. The van der Waals surface area contributed by atoms with E-state index in [9.17, 15) is 29.7 Å². The molecule has 0 aromatic heterocycles. The quantitative estimate of drug-likeness (QED) is 0.340. The number of nitrogens with zero attached hydrogens (tertiary/aromatic N) is 3. The first kappa shape index (κ1) is 26.8. The molecule has 0 aliphatic heterocycles. The van der Waals surface area contributed by atoms with E-state index >= 15 is 0 Å². The van der Waals surface area contributed by atoms with E-state index in [0.29, 0.717) is 38.9 Å². The van der Waals surface area contributed by atoms with Gasteiger partial charge in [-0.25, -0.2) is 14.4 Å². The summed E-state index contributed by atoms with van der Waals surface area (Å²) < 4.78 is 0. The van der Waals surface area contributed by atoms with Crippen LogP contribution in [0.2, 0.25) is 0 Å². The van der Waals surface area contributed by atoms with Gasteiger partial charge in [0.05, 0.1) is 0 Å². The predicted octanol–water partition coefficient (Wildman–Crippen LogP) is 4.48. The van der Waals surface area contributed by atoms with Crippen LogP contribution in [0.3, 0.4) is 0 Å². The van der Waals surface area contributed by atoms with E-state index in [4.69, 9.17) is 0 Å². The summed E-state index contributed by atoms with van der Waals surface area (Å²) in [4.78, 5) is 38.8. The molecule has 0 saturated heterocycles. The smallest absolute Gasteiger partial charge is 0.407 e. The number of hydrogen-bond acceptors (Lipinski definition) is 3. The van der Waals surface area contributed by atoms with Crippen LogP contribution in [0.5, 0.6) is 0 Å². The normalized spacial score (nSPS) is 10.8. The summed E-state index contributed by atoms with van der Waals surface area (Å²) >= 11 is 0. The van der Waals surface area contributed by atoms with Crippen molar-refractivity contribution in [1.29, 1.82) is 0 Å². The highest BCUT2D eigenvalue weighted by Gasteiger charge is 2.25. The SMILES string of the molecule is CCCCN(CCC(CCN(CCCC)C(=O)O)N(CCCC)C(=O)O)C(=O)O. The van der Waals surface area contributed by atoms with Crippen LogP contribution in [0.15, 0.2) is 0 Å². The molecule has 29 heavy (non-hydrogen) atoms. The molecule has 3 N–H and O–H groups in total. The zero-order chi connectivity index (χ0) is 22.2. The standard InChI is InChI=1S/C20H39N3O6/c1-4-7-12-21(18(24)25)15-10-17(23(20(28)29)14-9-6-3)11-16-22(19(26)27)13-8-5-2/h17H,4-16H2,1-3H3,(H,24,25)(H,26,27)(H,28,29). The van der Waals surface area contributed by atoms with Crippen molar-refractivity contribution in [2.45, 2.75) is 78.2 Å². The van der Waals surface area contributed by atoms with Gasteiger partial charge in [0.2, 0.25) is 0 Å². The van der Waals surface area contributed by atoms with E-state index in [1.165, 1.54) is 14.7 Å². The maximum Gasteiger partial charge on any atom is 0.407 e. The van der Waals surface area contributed by atoms with E-state index in [1.54, 1.807) is 0 Å².